The molecule has 3 amide bonds. The number of aryl methyl sites for hydroxylation is 6. The molecule has 0 bridgehead atoms. The Labute approximate surface area is 531 Å². The molecule has 18 heteroatoms. The number of likely N-dealkylation sites (N-methyl/N-ethyl adjacent to an activating group) is 1. The zero-order chi connectivity index (χ0) is 61.9. The second-order valence-corrected chi connectivity index (χ2v) is 21.6. The lowest BCUT2D eigenvalue weighted by atomic mass is 10.0. The number of hydrogen-bond acceptors (Lipinski definition) is 13. The van der Waals surface area contributed by atoms with Crippen molar-refractivity contribution in [3.8, 4) is 0 Å². The SMILES string of the molecule is C.CCOC(=O)[C@H](CCc1ccccc1)N[C@H]1CCc2ccccc2N(CC(=O)O)C1=O.CCOC(=O)[C@H](CCc1ccccc1)N[C@H]1CCc2ccccc2N(CC)C1=O.CCOC(=O)[C@H](CCc1ccccc1)N[C@H]1CCc2ccccc2NC1=O.Cl. The minimum absolute atomic E-state index is 0. The van der Waals surface area contributed by atoms with Crippen LogP contribution in [-0.4, -0.2) is 116 Å². The summed E-state index contributed by atoms with van der Waals surface area (Å²) in [5.41, 5.74) is 9.05. The maximum atomic E-state index is 13.3. The second-order valence-electron chi connectivity index (χ2n) is 21.6. The number of carboxylic acids is 1. The number of nitrogens with zero attached hydrogens (tertiary/aromatic N) is 2. The van der Waals surface area contributed by atoms with E-state index in [0.717, 1.165) is 59.3 Å². The van der Waals surface area contributed by atoms with Crippen LogP contribution >= 0.6 is 12.4 Å². The van der Waals surface area contributed by atoms with Gasteiger partial charge in [0, 0.05) is 23.6 Å². The van der Waals surface area contributed by atoms with E-state index in [9.17, 15) is 38.7 Å². The predicted octanol–water partition coefficient (Wildman–Crippen LogP) is 10.2. The summed E-state index contributed by atoms with van der Waals surface area (Å²) >= 11 is 0. The van der Waals surface area contributed by atoms with E-state index in [1.165, 1.54) is 16.0 Å². The first-order chi connectivity index (χ1) is 42.3. The first kappa shape index (κ1) is 71.5. The molecule has 0 unspecified atom stereocenters. The molecule has 6 aromatic rings. The van der Waals surface area contributed by atoms with Gasteiger partial charge in [-0.15, -0.1) is 12.4 Å². The van der Waals surface area contributed by atoms with E-state index >= 15 is 0 Å². The van der Waals surface area contributed by atoms with Gasteiger partial charge in [-0.1, -0.05) is 153 Å². The highest BCUT2D eigenvalue weighted by molar-refractivity contribution is 6.02. The van der Waals surface area contributed by atoms with Crippen LogP contribution in [0.15, 0.2) is 164 Å². The zero-order valence-electron chi connectivity index (χ0n) is 50.9. The van der Waals surface area contributed by atoms with Gasteiger partial charge in [0.15, 0.2) is 0 Å². The number of para-hydroxylation sites is 3. The number of anilines is 3. The van der Waals surface area contributed by atoms with E-state index in [1.807, 2.05) is 145 Å². The number of rotatable bonds is 24. The summed E-state index contributed by atoms with van der Waals surface area (Å²) in [4.78, 5) is 91.3. The van der Waals surface area contributed by atoms with Crippen LogP contribution in [0.1, 0.15) is 107 Å². The molecule has 0 spiro atoms. The minimum Gasteiger partial charge on any atom is -0.480 e. The average molecular weight is 1240 g/mol. The van der Waals surface area contributed by atoms with E-state index in [2.05, 4.69) is 39.5 Å². The van der Waals surface area contributed by atoms with Crippen LogP contribution in [0.5, 0.6) is 0 Å². The standard InChI is InChI=1S/C24H28N2O5.C24H30N2O3.C22H26N2O3.CH4.ClH/c1-2-31-24(30)20(14-12-17-8-4-3-5-9-17)25-19-15-13-18-10-6-7-11-21(18)26(23(19)29)16-22(27)28;1-3-26-22-13-9-8-12-19(22)15-17-20(23(26)27)25-21(24(28)29-4-2)16-14-18-10-6-5-7-11-18;1-2-27-22(26)20(14-12-16-8-4-3-5-9-16)23-19-15-13-17-10-6-7-11-18(17)24-21(19)25;;/h3-11,19-20,25H,2,12-16H2,1H3,(H,27,28);5-13,20-21,25H,3-4,14-17H2,1-2H3;3-11,19-20,23H,2,12-15H2,1H3,(H,24,25);1H4;1H/t19-,20-;20-,21-;19-,20-;;/m000../s1. The molecule has 3 aliphatic heterocycles. The maximum absolute atomic E-state index is 13.3. The third-order valence-electron chi connectivity index (χ3n) is 15.6. The van der Waals surface area contributed by atoms with Crippen molar-refractivity contribution in [3.05, 3.63) is 197 Å². The fourth-order valence-electron chi connectivity index (χ4n) is 11.2. The van der Waals surface area contributed by atoms with Crippen LogP contribution in [0.2, 0.25) is 0 Å². The summed E-state index contributed by atoms with van der Waals surface area (Å²) in [7, 11) is 0. The molecular formula is C71H89ClN6O11. The lowest BCUT2D eigenvalue weighted by Gasteiger charge is -2.27. The number of fused-ring (bicyclic) bond motifs is 3. The molecule has 5 N–H and O–H groups in total. The molecule has 9 rings (SSSR count). The normalized spacial score (nSPS) is 16.8. The van der Waals surface area contributed by atoms with Gasteiger partial charge in [-0.3, -0.25) is 54.4 Å². The number of halogens is 1. The van der Waals surface area contributed by atoms with E-state index < -0.39 is 54.7 Å². The van der Waals surface area contributed by atoms with E-state index in [-0.39, 0.29) is 56.1 Å². The Morgan fingerprint density at radius 1 is 0.483 bits per heavy atom. The highest BCUT2D eigenvalue weighted by Gasteiger charge is 2.36. The van der Waals surface area contributed by atoms with Gasteiger partial charge in [0.1, 0.15) is 24.7 Å². The second kappa shape index (κ2) is 37.6. The molecule has 17 nitrogen and oxygen atoms in total. The van der Waals surface area contributed by atoms with Gasteiger partial charge in [-0.25, -0.2) is 0 Å². The molecule has 476 valence electrons. The summed E-state index contributed by atoms with van der Waals surface area (Å²) < 4.78 is 15.8. The Bertz CT molecular complexity index is 3190. The fraction of sp³-hybridized carbons (Fsp3) is 0.394. The van der Waals surface area contributed by atoms with Crippen molar-refractivity contribution >= 4 is 71.1 Å². The minimum atomic E-state index is -1.09. The molecule has 0 aromatic heterocycles. The number of amides is 3. The topological polar surface area (TPSA) is 222 Å². The number of carbonyl (C=O) groups is 7. The van der Waals surface area contributed by atoms with Crippen LogP contribution in [-0.2, 0) is 86.3 Å². The fourth-order valence-corrected chi connectivity index (χ4v) is 11.2. The number of carboxylic acid groups (broad SMARTS) is 1. The Hall–Kier alpha value is -8.22. The van der Waals surface area contributed by atoms with Crippen molar-refractivity contribution in [2.75, 3.05) is 48.0 Å². The van der Waals surface area contributed by atoms with E-state index in [0.29, 0.717) is 76.8 Å². The molecule has 0 saturated carbocycles. The van der Waals surface area contributed by atoms with Crippen molar-refractivity contribution in [3.63, 3.8) is 0 Å². The average Bonchev–Trinajstić information content (AvgIpc) is 3.07. The first-order valence-corrected chi connectivity index (χ1v) is 30.6. The maximum Gasteiger partial charge on any atom is 0.323 e. The number of aliphatic carboxylic acids is 1. The lowest BCUT2D eigenvalue weighted by molar-refractivity contribution is -0.147. The Morgan fingerprint density at radius 3 is 1.22 bits per heavy atom. The van der Waals surface area contributed by atoms with Gasteiger partial charge in [0.2, 0.25) is 17.7 Å². The number of carbonyl (C=O) groups excluding carboxylic acids is 6. The number of nitrogens with one attached hydrogen (secondary N) is 4. The van der Waals surface area contributed by atoms with Crippen molar-refractivity contribution in [2.24, 2.45) is 0 Å². The Kier molecular flexibility index (Phi) is 30.2. The Morgan fingerprint density at radius 2 is 0.820 bits per heavy atom. The summed E-state index contributed by atoms with van der Waals surface area (Å²) in [6, 6.07) is 49.9. The molecule has 0 saturated heterocycles. The van der Waals surface area contributed by atoms with Gasteiger partial charge >= 0.3 is 23.9 Å². The molecule has 0 fully saturated rings. The summed E-state index contributed by atoms with van der Waals surface area (Å²) in [6.07, 6.45) is 7.73. The van der Waals surface area contributed by atoms with Crippen molar-refractivity contribution in [1.29, 1.82) is 0 Å². The molecule has 3 heterocycles. The molecular weight excluding hydrogens is 1150 g/mol. The van der Waals surface area contributed by atoms with Crippen LogP contribution in [0, 0.1) is 0 Å². The van der Waals surface area contributed by atoms with Crippen molar-refractivity contribution < 1.29 is 52.9 Å². The number of hydrogen-bond donors (Lipinski definition) is 5. The number of ether oxygens (including phenoxy) is 3. The molecule has 89 heavy (non-hydrogen) atoms. The zero-order valence-corrected chi connectivity index (χ0v) is 51.7. The summed E-state index contributed by atoms with van der Waals surface area (Å²) in [5.74, 6) is -2.52. The highest BCUT2D eigenvalue weighted by Crippen LogP contribution is 2.29. The highest BCUT2D eigenvalue weighted by atomic mass is 35.5. The molecule has 6 aromatic carbocycles. The largest absolute Gasteiger partial charge is 0.480 e. The molecule has 0 aliphatic carbocycles. The molecule has 3 aliphatic rings. The first-order valence-electron chi connectivity index (χ1n) is 30.6. The van der Waals surface area contributed by atoms with Crippen LogP contribution in [0.4, 0.5) is 17.1 Å². The van der Waals surface area contributed by atoms with Gasteiger partial charge < -0.3 is 29.5 Å². The van der Waals surface area contributed by atoms with E-state index in [4.69, 9.17) is 14.2 Å². The molecule has 0 radical (unpaired) electrons. The van der Waals surface area contributed by atoms with Gasteiger partial charge in [0.25, 0.3) is 0 Å². The smallest absolute Gasteiger partial charge is 0.323 e. The summed E-state index contributed by atoms with van der Waals surface area (Å²) in [6.45, 7) is 8.39. The van der Waals surface area contributed by atoms with Gasteiger partial charge in [0.05, 0.1) is 37.9 Å². The molecule has 6 atom stereocenters. The monoisotopic (exact) mass is 1240 g/mol. The third-order valence-corrected chi connectivity index (χ3v) is 15.6. The van der Waals surface area contributed by atoms with Crippen LogP contribution in [0.25, 0.3) is 0 Å². The van der Waals surface area contributed by atoms with Gasteiger partial charge in [-0.2, -0.15) is 0 Å². The predicted molar refractivity (Wildman–Crippen MR) is 351 cm³/mol. The Balaban J connectivity index is 0.000000241. The van der Waals surface area contributed by atoms with Gasteiger partial charge in [-0.05, 0) is 156 Å². The quantitative estimate of drug-likeness (QED) is 0.0281. The van der Waals surface area contributed by atoms with Crippen molar-refractivity contribution in [2.45, 2.75) is 148 Å². The van der Waals surface area contributed by atoms with Crippen LogP contribution in [0.3, 0.4) is 0 Å². The lowest BCUT2D eigenvalue weighted by Crippen LogP contribution is -2.53. The number of esters is 3. The van der Waals surface area contributed by atoms with Crippen molar-refractivity contribution in [1.82, 2.24) is 16.0 Å². The van der Waals surface area contributed by atoms with E-state index in [1.54, 1.807) is 32.9 Å². The third kappa shape index (κ3) is 21.5. The summed E-state index contributed by atoms with van der Waals surface area (Å²) in [5, 5.41) is 22.1. The number of benzene rings is 6. The van der Waals surface area contributed by atoms with Crippen LogP contribution < -0.4 is 31.1 Å².